The minimum Gasteiger partial charge on any atom is -0.495 e. The molecule has 0 radical (unpaired) electrons. The molecule has 2 aliphatic heterocycles. The minimum absolute atomic E-state index is 0.0142. The molecule has 0 saturated carbocycles. The molecule has 0 spiro atoms. The molecule has 2 atom stereocenters. The maximum absolute atomic E-state index is 13.5. The van der Waals surface area contributed by atoms with Crippen LogP contribution in [0.2, 0.25) is 0 Å². The summed E-state index contributed by atoms with van der Waals surface area (Å²) < 4.78 is 46.2. The van der Waals surface area contributed by atoms with Gasteiger partial charge >= 0.3 is 0 Å². The number of nitrogens with one attached hydrogen (secondary N) is 3. The Labute approximate surface area is 180 Å². The average Bonchev–Trinajstić information content (AvgIpc) is 3.46. The molecule has 2 aromatic carbocycles. The number of hydrazine groups is 1. The molecule has 0 aliphatic carbocycles. The lowest BCUT2D eigenvalue weighted by Gasteiger charge is -2.19. The molecule has 31 heavy (non-hydrogen) atoms. The quantitative estimate of drug-likeness (QED) is 0.624. The van der Waals surface area contributed by atoms with Crippen molar-refractivity contribution in [1.29, 1.82) is 0 Å². The zero-order valence-corrected chi connectivity index (χ0v) is 17.9. The topological polar surface area (TPSA) is 99.8 Å². The summed E-state index contributed by atoms with van der Waals surface area (Å²) in [6.45, 7) is 0.919. The average molecular weight is 449 g/mol. The summed E-state index contributed by atoms with van der Waals surface area (Å²) in [5, 5.41) is 2.84. The van der Waals surface area contributed by atoms with Gasteiger partial charge in [0.05, 0.1) is 13.3 Å². The summed E-state index contributed by atoms with van der Waals surface area (Å²) >= 11 is 0. The number of ether oxygens (including phenoxy) is 1. The van der Waals surface area contributed by atoms with Gasteiger partial charge in [-0.25, -0.2) is 23.7 Å². The predicted octanol–water partition coefficient (Wildman–Crippen LogP) is 1.91. The number of carbonyl (C=O) groups excluding carboxylic acids is 1. The van der Waals surface area contributed by atoms with Gasteiger partial charge < -0.3 is 10.1 Å². The summed E-state index contributed by atoms with van der Waals surface area (Å²) in [5.74, 6) is -0.535. The van der Waals surface area contributed by atoms with Crippen LogP contribution in [0.5, 0.6) is 5.75 Å². The second kappa shape index (κ2) is 8.91. The first-order valence-corrected chi connectivity index (χ1v) is 11.6. The highest BCUT2D eigenvalue weighted by atomic mass is 32.2. The maximum atomic E-state index is 13.5. The molecule has 1 amide bonds. The van der Waals surface area contributed by atoms with Gasteiger partial charge in [0.1, 0.15) is 16.5 Å². The van der Waals surface area contributed by atoms with Crippen molar-refractivity contribution in [3.63, 3.8) is 0 Å². The fraction of sp³-hybridized carbons (Fsp3) is 0.381. The number of hydrogen-bond acceptors (Lipinski definition) is 6. The van der Waals surface area contributed by atoms with Crippen LogP contribution in [0.1, 0.15) is 41.2 Å². The van der Waals surface area contributed by atoms with Crippen molar-refractivity contribution in [1.82, 2.24) is 20.5 Å². The van der Waals surface area contributed by atoms with E-state index in [0.717, 1.165) is 18.4 Å². The van der Waals surface area contributed by atoms with Gasteiger partial charge in [0, 0.05) is 31.1 Å². The van der Waals surface area contributed by atoms with Gasteiger partial charge in [-0.05, 0) is 48.7 Å². The Hall–Kier alpha value is -2.53. The number of rotatable bonds is 6. The van der Waals surface area contributed by atoms with E-state index in [-0.39, 0.29) is 28.1 Å². The van der Waals surface area contributed by atoms with Crippen molar-refractivity contribution in [2.75, 3.05) is 20.2 Å². The van der Waals surface area contributed by atoms with Crippen molar-refractivity contribution in [2.24, 2.45) is 0 Å². The number of sulfonamides is 1. The molecule has 2 aromatic rings. The Kier molecular flexibility index (Phi) is 6.24. The van der Waals surface area contributed by atoms with E-state index >= 15 is 0 Å². The normalized spacial score (nSPS) is 21.9. The van der Waals surface area contributed by atoms with Gasteiger partial charge in [0.25, 0.3) is 5.91 Å². The fourth-order valence-electron chi connectivity index (χ4n) is 3.92. The molecular formula is C21H25FN4O4S. The first kappa shape index (κ1) is 21.7. The van der Waals surface area contributed by atoms with Crippen LogP contribution in [0, 0.1) is 5.82 Å². The molecule has 3 N–H and O–H groups in total. The molecular weight excluding hydrogens is 423 g/mol. The molecule has 0 bridgehead atoms. The van der Waals surface area contributed by atoms with Gasteiger partial charge in [-0.15, -0.1) is 0 Å². The number of methoxy groups -OCH3 is 1. The van der Waals surface area contributed by atoms with Crippen LogP contribution in [0.4, 0.5) is 4.39 Å². The fourth-order valence-corrected chi connectivity index (χ4v) is 5.62. The Morgan fingerprint density at radius 1 is 1.16 bits per heavy atom. The Balaban J connectivity index is 1.49. The second-order valence-electron chi connectivity index (χ2n) is 7.63. The molecule has 0 aromatic heterocycles. The van der Waals surface area contributed by atoms with Crippen LogP contribution in [0.3, 0.4) is 0 Å². The predicted molar refractivity (Wildman–Crippen MR) is 112 cm³/mol. The van der Waals surface area contributed by atoms with Crippen molar-refractivity contribution in [2.45, 2.75) is 36.4 Å². The van der Waals surface area contributed by atoms with E-state index < -0.39 is 22.1 Å². The number of nitrogens with zero attached hydrogens (tertiary/aromatic N) is 1. The molecule has 10 heteroatoms. The Morgan fingerprint density at radius 3 is 2.65 bits per heavy atom. The molecule has 8 nitrogen and oxygen atoms in total. The van der Waals surface area contributed by atoms with Gasteiger partial charge in [0.15, 0.2) is 0 Å². The molecule has 2 saturated heterocycles. The molecule has 166 valence electrons. The van der Waals surface area contributed by atoms with Crippen LogP contribution >= 0.6 is 0 Å². The number of benzene rings is 2. The molecule has 2 heterocycles. The van der Waals surface area contributed by atoms with E-state index in [1.54, 1.807) is 6.07 Å². The maximum Gasteiger partial charge on any atom is 0.252 e. The number of halogens is 1. The summed E-state index contributed by atoms with van der Waals surface area (Å²) in [7, 11) is -2.35. The van der Waals surface area contributed by atoms with Crippen LogP contribution in [0.15, 0.2) is 47.4 Å². The minimum atomic E-state index is -3.75. The molecule has 4 rings (SSSR count). The third-order valence-corrected chi connectivity index (χ3v) is 7.49. The summed E-state index contributed by atoms with van der Waals surface area (Å²) in [5.41, 5.74) is 7.01. The molecule has 2 fully saturated rings. The van der Waals surface area contributed by atoms with Crippen molar-refractivity contribution < 1.29 is 22.3 Å². The molecule has 2 unspecified atom stereocenters. The third kappa shape index (κ3) is 4.57. The van der Waals surface area contributed by atoms with E-state index in [0.29, 0.717) is 19.5 Å². The van der Waals surface area contributed by atoms with Crippen LogP contribution in [0.25, 0.3) is 0 Å². The second-order valence-corrected chi connectivity index (χ2v) is 9.54. The van der Waals surface area contributed by atoms with E-state index in [2.05, 4.69) is 16.2 Å². The highest BCUT2D eigenvalue weighted by Crippen LogP contribution is 2.30. The van der Waals surface area contributed by atoms with Gasteiger partial charge in [-0.2, -0.15) is 4.31 Å². The first-order valence-electron chi connectivity index (χ1n) is 10.1. The smallest absolute Gasteiger partial charge is 0.252 e. The summed E-state index contributed by atoms with van der Waals surface area (Å²) in [6.07, 6.45) is 1.73. The largest absolute Gasteiger partial charge is 0.495 e. The molecule has 2 aliphatic rings. The highest BCUT2D eigenvalue weighted by molar-refractivity contribution is 7.89. The zero-order valence-electron chi connectivity index (χ0n) is 17.1. The van der Waals surface area contributed by atoms with Gasteiger partial charge in [-0.1, -0.05) is 12.1 Å². The lowest BCUT2D eigenvalue weighted by molar-refractivity contribution is 0.0932. The van der Waals surface area contributed by atoms with Crippen LogP contribution in [-0.4, -0.2) is 45.0 Å². The number of hydrogen-bond donors (Lipinski definition) is 3. The lowest BCUT2D eigenvalue weighted by Crippen LogP contribution is -2.44. The van der Waals surface area contributed by atoms with E-state index in [4.69, 9.17) is 4.74 Å². The zero-order chi connectivity index (χ0) is 22.0. The van der Waals surface area contributed by atoms with Crippen LogP contribution < -0.4 is 20.9 Å². The highest BCUT2D eigenvalue weighted by Gasteiger charge is 2.31. The first-order chi connectivity index (χ1) is 14.9. The number of amides is 1. The lowest BCUT2D eigenvalue weighted by atomic mass is 10.0. The standard InChI is InChI=1S/C21H25FN4O4S/c1-30-18-8-7-15(12-19(18)31(28,29)26-9-2-3-10-26)21(27)23-20-13-17(24-25-20)14-5-4-6-16(22)11-14/h4-8,11-12,17,20,24-25H,2-3,9-10,13H2,1H3,(H,23,27). The third-order valence-electron chi connectivity index (χ3n) is 5.57. The van der Waals surface area contributed by atoms with E-state index in [9.17, 15) is 17.6 Å². The van der Waals surface area contributed by atoms with Gasteiger partial charge in [-0.3, -0.25) is 4.79 Å². The Bertz CT molecular complexity index is 1070. The van der Waals surface area contributed by atoms with Crippen molar-refractivity contribution in [3.8, 4) is 5.75 Å². The summed E-state index contributed by atoms with van der Waals surface area (Å²) in [4.78, 5) is 12.8. The SMILES string of the molecule is COc1ccc(C(=O)NC2CC(c3cccc(F)c3)NN2)cc1S(=O)(=O)N1CCCC1. The van der Waals surface area contributed by atoms with Gasteiger partial charge in [0.2, 0.25) is 10.0 Å². The Morgan fingerprint density at radius 2 is 1.94 bits per heavy atom. The number of carbonyl (C=O) groups is 1. The van der Waals surface area contributed by atoms with E-state index in [1.807, 2.05) is 6.07 Å². The van der Waals surface area contributed by atoms with Crippen LogP contribution in [-0.2, 0) is 10.0 Å². The van der Waals surface area contributed by atoms with Crippen molar-refractivity contribution >= 4 is 15.9 Å². The monoisotopic (exact) mass is 448 g/mol. The van der Waals surface area contributed by atoms with Crippen molar-refractivity contribution in [3.05, 3.63) is 59.4 Å². The summed E-state index contributed by atoms with van der Waals surface area (Å²) in [6, 6.07) is 10.5. The van der Waals surface area contributed by atoms with E-state index in [1.165, 1.54) is 41.7 Å².